The van der Waals surface area contributed by atoms with Gasteiger partial charge in [0.05, 0.1) is 16.3 Å². The van der Waals surface area contributed by atoms with Gasteiger partial charge in [0.1, 0.15) is 0 Å². The van der Waals surface area contributed by atoms with Crippen LogP contribution in [0.1, 0.15) is 16.7 Å². The van der Waals surface area contributed by atoms with Crippen molar-refractivity contribution < 1.29 is 26.4 Å². The quantitative estimate of drug-likeness (QED) is 0.470. The van der Waals surface area contributed by atoms with Crippen molar-refractivity contribution in [3.63, 3.8) is 0 Å². The van der Waals surface area contributed by atoms with Gasteiger partial charge in [-0.25, -0.2) is 8.42 Å². The molecule has 0 spiro atoms. The van der Waals surface area contributed by atoms with Crippen LogP contribution >= 0.6 is 0 Å². The number of sulfonamides is 1. The molecule has 5 nitrogen and oxygen atoms in total. The third kappa shape index (κ3) is 4.13. The zero-order chi connectivity index (χ0) is 22.4. The van der Waals surface area contributed by atoms with E-state index in [1.165, 1.54) is 24.3 Å². The molecule has 0 radical (unpaired) electrons. The van der Waals surface area contributed by atoms with Crippen LogP contribution in [0.15, 0.2) is 65.6 Å². The van der Waals surface area contributed by atoms with Gasteiger partial charge < -0.3 is 5.32 Å². The number of carbonyl (C=O) groups is 1. The predicted octanol–water partition coefficient (Wildman–Crippen LogP) is 4.87. The zero-order valence-corrected chi connectivity index (χ0v) is 17.1. The second-order valence-corrected chi connectivity index (χ2v) is 8.94. The highest BCUT2D eigenvalue weighted by atomic mass is 32.2. The topological polar surface area (TPSA) is 75.3 Å². The SMILES string of the molecule is Cc1ccc(S(=O)(=O)Nc2cc3c(cc2NC(=O)C(F)(F)F)-c2ccccc2C3)cc1. The number of anilines is 2. The lowest BCUT2D eigenvalue weighted by Gasteiger charge is -2.17. The fourth-order valence-electron chi connectivity index (χ4n) is 3.49. The molecule has 4 rings (SSSR count). The molecule has 0 bridgehead atoms. The highest BCUT2D eigenvalue weighted by Crippen LogP contribution is 2.41. The molecule has 2 N–H and O–H groups in total. The smallest absolute Gasteiger partial charge is 0.316 e. The van der Waals surface area contributed by atoms with Crippen LogP contribution in [0.4, 0.5) is 24.5 Å². The minimum Gasteiger partial charge on any atom is -0.316 e. The van der Waals surface area contributed by atoms with Crippen LogP contribution in [0.5, 0.6) is 0 Å². The summed E-state index contributed by atoms with van der Waals surface area (Å²) in [6.45, 7) is 1.80. The normalized spacial score (nSPS) is 12.8. The monoisotopic (exact) mass is 446 g/mol. The van der Waals surface area contributed by atoms with Crippen LogP contribution in [-0.4, -0.2) is 20.5 Å². The second-order valence-electron chi connectivity index (χ2n) is 7.26. The van der Waals surface area contributed by atoms with Crippen molar-refractivity contribution in [2.24, 2.45) is 0 Å². The number of rotatable bonds is 4. The average molecular weight is 446 g/mol. The van der Waals surface area contributed by atoms with E-state index in [1.54, 1.807) is 30.4 Å². The number of amides is 1. The average Bonchev–Trinajstić information content (AvgIpc) is 3.05. The van der Waals surface area contributed by atoms with E-state index in [9.17, 15) is 26.4 Å². The summed E-state index contributed by atoms with van der Waals surface area (Å²) in [5.74, 6) is -2.19. The van der Waals surface area contributed by atoms with Crippen molar-refractivity contribution in [2.75, 3.05) is 10.0 Å². The van der Waals surface area contributed by atoms with Gasteiger partial charge in [0, 0.05) is 0 Å². The molecule has 31 heavy (non-hydrogen) atoms. The number of fused-ring (bicyclic) bond motifs is 3. The Hall–Kier alpha value is -3.33. The molecule has 0 unspecified atom stereocenters. The molecule has 0 saturated heterocycles. The Kier molecular flexibility index (Phi) is 5.01. The maximum atomic E-state index is 12.9. The van der Waals surface area contributed by atoms with Crippen LogP contribution in [0.2, 0.25) is 0 Å². The van der Waals surface area contributed by atoms with Crippen molar-refractivity contribution >= 4 is 27.3 Å². The Labute approximate surface area is 177 Å². The molecular weight excluding hydrogens is 429 g/mol. The molecule has 0 aromatic heterocycles. The first-order valence-electron chi connectivity index (χ1n) is 9.27. The second kappa shape index (κ2) is 7.42. The predicted molar refractivity (Wildman–Crippen MR) is 111 cm³/mol. The minimum atomic E-state index is -5.12. The van der Waals surface area contributed by atoms with E-state index in [4.69, 9.17) is 0 Å². The van der Waals surface area contributed by atoms with Crippen LogP contribution in [0, 0.1) is 6.92 Å². The molecule has 3 aromatic carbocycles. The summed E-state index contributed by atoms with van der Waals surface area (Å²) in [5.41, 5.74) is 3.63. The lowest BCUT2D eigenvalue weighted by atomic mass is 10.0. The highest BCUT2D eigenvalue weighted by Gasteiger charge is 2.39. The molecule has 0 aliphatic heterocycles. The Morgan fingerprint density at radius 2 is 1.58 bits per heavy atom. The van der Waals surface area contributed by atoms with E-state index >= 15 is 0 Å². The number of alkyl halides is 3. The number of carbonyl (C=O) groups excluding carboxylic acids is 1. The van der Waals surface area contributed by atoms with Gasteiger partial charge in [-0.3, -0.25) is 9.52 Å². The molecule has 160 valence electrons. The molecular formula is C22H17F3N2O3S. The number of aryl methyl sites for hydroxylation is 1. The van der Waals surface area contributed by atoms with Crippen molar-refractivity contribution in [1.29, 1.82) is 0 Å². The molecule has 1 aliphatic carbocycles. The minimum absolute atomic E-state index is 0.0463. The van der Waals surface area contributed by atoms with E-state index in [0.29, 0.717) is 12.0 Å². The summed E-state index contributed by atoms with van der Waals surface area (Å²) in [5, 5.41) is 1.80. The van der Waals surface area contributed by atoms with Crippen molar-refractivity contribution in [1.82, 2.24) is 0 Å². The van der Waals surface area contributed by atoms with Crippen LogP contribution in [-0.2, 0) is 21.2 Å². The first-order valence-corrected chi connectivity index (χ1v) is 10.8. The fraction of sp³-hybridized carbons (Fsp3) is 0.136. The first kappa shape index (κ1) is 20.9. The summed E-state index contributed by atoms with van der Waals surface area (Å²) in [6.07, 6.45) is -4.62. The van der Waals surface area contributed by atoms with Gasteiger partial charge in [0.15, 0.2) is 0 Å². The molecule has 1 amide bonds. The molecule has 3 aromatic rings. The van der Waals surface area contributed by atoms with E-state index in [-0.39, 0.29) is 16.3 Å². The molecule has 9 heteroatoms. The fourth-order valence-corrected chi connectivity index (χ4v) is 4.56. The van der Waals surface area contributed by atoms with Crippen molar-refractivity contribution in [3.05, 3.63) is 77.4 Å². The first-order chi connectivity index (χ1) is 14.5. The Balaban J connectivity index is 1.78. The van der Waals surface area contributed by atoms with Gasteiger partial charge in [-0.2, -0.15) is 13.2 Å². The number of nitrogens with one attached hydrogen (secondary N) is 2. The maximum Gasteiger partial charge on any atom is 0.471 e. The van der Waals surface area contributed by atoms with Gasteiger partial charge in [-0.15, -0.1) is 0 Å². The number of benzene rings is 3. The largest absolute Gasteiger partial charge is 0.471 e. The molecule has 1 aliphatic rings. The zero-order valence-electron chi connectivity index (χ0n) is 16.2. The molecule has 0 fully saturated rings. The summed E-state index contributed by atoms with van der Waals surface area (Å²) in [6, 6.07) is 16.2. The maximum absolute atomic E-state index is 12.9. The van der Waals surface area contributed by atoms with Gasteiger partial charge in [-0.05, 0) is 59.9 Å². The number of hydrogen-bond donors (Lipinski definition) is 2. The van der Waals surface area contributed by atoms with Gasteiger partial charge in [0.2, 0.25) is 0 Å². The van der Waals surface area contributed by atoms with Crippen LogP contribution in [0.25, 0.3) is 11.1 Å². The van der Waals surface area contributed by atoms with E-state index in [1.807, 2.05) is 18.2 Å². The lowest BCUT2D eigenvalue weighted by molar-refractivity contribution is -0.167. The Bertz CT molecular complexity index is 1280. The van der Waals surface area contributed by atoms with Gasteiger partial charge in [0.25, 0.3) is 10.0 Å². The highest BCUT2D eigenvalue weighted by molar-refractivity contribution is 7.92. The molecule has 0 atom stereocenters. The third-order valence-electron chi connectivity index (χ3n) is 5.01. The Morgan fingerprint density at radius 1 is 0.903 bits per heavy atom. The standard InChI is InChI=1S/C22H17F3N2O3S/c1-13-6-8-16(9-7-13)31(29,30)27-20-11-15-10-14-4-2-3-5-17(14)18(15)12-19(20)26-21(28)22(23,24)25/h2-9,11-12,27H,10H2,1H3,(H,26,28). The van der Waals surface area contributed by atoms with Gasteiger partial charge >= 0.3 is 12.1 Å². The van der Waals surface area contributed by atoms with Gasteiger partial charge in [-0.1, -0.05) is 42.0 Å². The number of hydrogen-bond acceptors (Lipinski definition) is 3. The van der Waals surface area contributed by atoms with E-state index in [2.05, 4.69) is 4.72 Å². The molecule has 0 saturated carbocycles. The summed E-state index contributed by atoms with van der Waals surface area (Å²) >= 11 is 0. The van der Waals surface area contributed by atoms with E-state index in [0.717, 1.165) is 22.3 Å². The molecule has 0 heterocycles. The summed E-state index contributed by atoms with van der Waals surface area (Å²) in [4.78, 5) is 11.5. The lowest BCUT2D eigenvalue weighted by Crippen LogP contribution is -2.30. The third-order valence-corrected chi connectivity index (χ3v) is 6.39. The van der Waals surface area contributed by atoms with Crippen LogP contribution < -0.4 is 10.0 Å². The Morgan fingerprint density at radius 3 is 2.26 bits per heavy atom. The van der Waals surface area contributed by atoms with Crippen molar-refractivity contribution in [2.45, 2.75) is 24.4 Å². The summed E-state index contributed by atoms with van der Waals surface area (Å²) < 4.78 is 66.6. The number of halogens is 3. The van der Waals surface area contributed by atoms with E-state index < -0.39 is 22.1 Å². The van der Waals surface area contributed by atoms with Crippen molar-refractivity contribution in [3.8, 4) is 11.1 Å². The summed E-state index contributed by atoms with van der Waals surface area (Å²) in [7, 11) is -4.09. The van der Waals surface area contributed by atoms with Crippen LogP contribution in [0.3, 0.4) is 0 Å².